The van der Waals surface area contributed by atoms with Crippen molar-refractivity contribution >= 4 is 33.2 Å². The molecule has 0 radical (unpaired) electrons. The number of benzene rings is 2. The lowest BCUT2D eigenvalue weighted by Crippen LogP contribution is -2.48. The number of nitrogens with one attached hydrogen (secondary N) is 1. The molecule has 8 heteroatoms. The second kappa shape index (κ2) is 8.84. The predicted octanol–water partition coefficient (Wildman–Crippen LogP) is 3.85. The van der Waals surface area contributed by atoms with E-state index in [0.29, 0.717) is 22.9 Å². The van der Waals surface area contributed by atoms with E-state index in [1.165, 1.54) is 19.2 Å². The molecular formula is C20H25ClN2O4S. The second-order valence-electron chi connectivity index (χ2n) is 6.95. The third-order valence-electron chi connectivity index (χ3n) is 4.41. The summed E-state index contributed by atoms with van der Waals surface area (Å²) in [5, 5.41) is 3.34. The van der Waals surface area contributed by atoms with Gasteiger partial charge in [-0.3, -0.25) is 9.10 Å². The Balaban J connectivity index is 2.42. The van der Waals surface area contributed by atoms with Crippen LogP contribution in [0.15, 0.2) is 53.4 Å². The Hall–Kier alpha value is -2.25. The smallest absolute Gasteiger partial charge is 0.264 e. The number of halogens is 1. The summed E-state index contributed by atoms with van der Waals surface area (Å²) in [6, 6.07) is 12.3. The van der Waals surface area contributed by atoms with Crippen molar-refractivity contribution in [2.75, 3.05) is 18.0 Å². The Bertz CT molecular complexity index is 910. The van der Waals surface area contributed by atoms with Crippen molar-refractivity contribution in [3.63, 3.8) is 0 Å². The summed E-state index contributed by atoms with van der Waals surface area (Å²) < 4.78 is 32.7. The van der Waals surface area contributed by atoms with Crippen LogP contribution in [0.4, 0.5) is 5.69 Å². The largest absolute Gasteiger partial charge is 0.497 e. The van der Waals surface area contributed by atoms with Crippen LogP contribution in [0.2, 0.25) is 5.02 Å². The van der Waals surface area contributed by atoms with Crippen LogP contribution in [-0.2, 0) is 14.8 Å². The normalized spacial score (nSPS) is 11.8. The van der Waals surface area contributed by atoms with Gasteiger partial charge in [0.1, 0.15) is 12.3 Å². The number of anilines is 1. The fraction of sp³-hybridized carbons (Fsp3) is 0.350. The minimum atomic E-state index is -3.98. The molecule has 0 unspecified atom stereocenters. The SMILES string of the molecule is CCC(C)(C)NC(=O)CN(c1ccc(Cl)cc1)S(=O)(=O)c1ccc(OC)cc1. The highest BCUT2D eigenvalue weighted by Gasteiger charge is 2.29. The average molecular weight is 425 g/mol. The molecule has 152 valence electrons. The van der Waals surface area contributed by atoms with E-state index >= 15 is 0 Å². The second-order valence-corrected chi connectivity index (χ2v) is 9.25. The van der Waals surface area contributed by atoms with Crippen LogP contribution >= 0.6 is 11.6 Å². The molecule has 28 heavy (non-hydrogen) atoms. The monoisotopic (exact) mass is 424 g/mol. The molecule has 0 aliphatic carbocycles. The third kappa shape index (κ3) is 5.39. The Labute approximate surface area is 171 Å². The quantitative estimate of drug-likeness (QED) is 0.698. The van der Waals surface area contributed by atoms with E-state index in [4.69, 9.17) is 16.3 Å². The van der Waals surface area contributed by atoms with Crippen LogP contribution in [0, 0.1) is 0 Å². The highest BCUT2D eigenvalue weighted by Crippen LogP contribution is 2.26. The molecule has 1 N–H and O–H groups in total. The highest BCUT2D eigenvalue weighted by molar-refractivity contribution is 7.92. The van der Waals surface area contributed by atoms with Gasteiger partial charge in [0.15, 0.2) is 0 Å². The first-order valence-corrected chi connectivity index (χ1v) is 10.6. The van der Waals surface area contributed by atoms with Crippen molar-refractivity contribution in [1.82, 2.24) is 5.32 Å². The molecule has 0 saturated heterocycles. The van der Waals surface area contributed by atoms with E-state index in [1.54, 1.807) is 36.4 Å². The van der Waals surface area contributed by atoms with Gasteiger partial charge < -0.3 is 10.1 Å². The van der Waals surface area contributed by atoms with Crippen LogP contribution in [0.1, 0.15) is 27.2 Å². The average Bonchev–Trinajstić information content (AvgIpc) is 2.66. The number of amides is 1. The topological polar surface area (TPSA) is 75.7 Å². The summed E-state index contributed by atoms with van der Waals surface area (Å²) in [7, 11) is -2.47. The first kappa shape index (κ1) is 22.0. The van der Waals surface area contributed by atoms with Gasteiger partial charge in [0, 0.05) is 10.6 Å². The highest BCUT2D eigenvalue weighted by atomic mass is 35.5. The van der Waals surface area contributed by atoms with Gasteiger partial charge in [-0.05, 0) is 68.8 Å². The number of carbonyl (C=O) groups is 1. The maximum absolute atomic E-state index is 13.3. The molecular weight excluding hydrogens is 400 g/mol. The Morgan fingerprint density at radius 3 is 2.18 bits per heavy atom. The summed E-state index contributed by atoms with van der Waals surface area (Å²) in [5.41, 5.74) is -0.0863. The summed E-state index contributed by atoms with van der Waals surface area (Å²) in [6.45, 7) is 5.37. The molecule has 1 amide bonds. The van der Waals surface area contributed by atoms with Crippen LogP contribution < -0.4 is 14.4 Å². The van der Waals surface area contributed by atoms with Crippen molar-refractivity contribution in [3.05, 3.63) is 53.6 Å². The molecule has 0 aliphatic heterocycles. The Morgan fingerprint density at radius 1 is 1.11 bits per heavy atom. The number of hydrogen-bond acceptors (Lipinski definition) is 4. The fourth-order valence-corrected chi connectivity index (χ4v) is 3.98. The lowest BCUT2D eigenvalue weighted by Gasteiger charge is -2.28. The molecule has 0 aromatic heterocycles. The van der Waals surface area contributed by atoms with Crippen LogP contribution in [0.3, 0.4) is 0 Å². The van der Waals surface area contributed by atoms with Gasteiger partial charge >= 0.3 is 0 Å². The number of rotatable bonds is 8. The van der Waals surface area contributed by atoms with E-state index < -0.39 is 15.6 Å². The molecule has 2 aromatic carbocycles. The molecule has 0 bridgehead atoms. The zero-order valence-corrected chi connectivity index (χ0v) is 18.0. The molecule has 0 spiro atoms. The van der Waals surface area contributed by atoms with Gasteiger partial charge in [-0.25, -0.2) is 8.42 Å². The maximum Gasteiger partial charge on any atom is 0.264 e. The maximum atomic E-state index is 13.3. The van der Waals surface area contributed by atoms with E-state index in [1.807, 2.05) is 20.8 Å². The van der Waals surface area contributed by atoms with Gasteiger partial charge in [-0.2, -0.15) is 0 Å². The van der Waals surface area contributed by atoms with Crippen molar-refractivity contribution in [2.45, 2.75) is 37.6 Å². The van der Waals surface area contributed by atoms with Crippen molar-refractivity contribution < 1.29 is 17.9 Å². The molecule has 0 aliphatic rings. The molecule has 2 rings (SSSR count). The molecule has 0 atom stereocenters. The molecule has 6 nitrogen and oxygen atoms in total. The zero-order valence-electron chi connectivity index (χ0n) is 16.4. The van der Waals surface area contributed by atoms with Gasteiger partial charge in [-0.1, -0.05) is 18.5 Å². The molecule has 2 aromatic rings. The van der Waals surface area contributed by atoms with E-state index in [0.717, 1.165) is 4.31 Å². The van der Waals surface area contributed by atoms with Crippen LogP contribution in [-0.4, -0.2) is 33.5 Å². The summed E-state index contributed by atoms with van der Waals surface area (Å²) in [5.74, 6) is 0.151. The predicted molar refractivity (Wildman–Crippen MR) is 111 cm³/mol. The van der Waals surface area contributed by atoms with Gasteiger partial charge in [0.05, 0.1) is 17.7 Å². The number of sulfonamides is 1. The lowest BCUT2D eigenvalue weighted by molar-refractivity contribution is -0.121. The van der Waals surface area contributed by atoms with Gasteiger partial charge in [0.25, 0.3) is 10.0 Å². The first-order chi connectivity index (χ1) is 13.1. The number of carbonyl (C=O) groups excluding carboxylic acids is 1. The minimum Gasteiger partial charge on any atom is -0.497 e. The molecule has 0 saturated carbocycles. The fourth-order valence-electron chi connectivity index (χ4n) is 2.43. The minimum absolute atomic E-state index is 0.0609. The van der Waals surface area contributed by atoms with Crippen LogP contribution in [0.25, 0.3) is 0 Å². The third-order valence-corrected chi connectivity index (χ3v) is 6.45. The van der Waals surface area contributed by atoms with Crippen molar-refractivity contribution in [3.8, 4) is 5.75 Å². The van der Waals surface area contributed by atoms with E-state index in [-0.39, 0.29) is 17.3 Å². The number of nitrogens with zero attached hydrogens (tertiary/aromatic N) is 1. The summed E-state index contributed by atoms with van der Waals surface area (Å²) in [6.07, 6.45) is 0.713. The van der Waals surface area contributed by atoms with Crippen molar-refractivity contribution in [2.24, 2.45) is 0 Å². The number of ether oxygens (including phenoxy) is 1. The van der Waals surface area contributed by atoms with E-state index in [9.17, 15) is 13.2 Å². The van der Waals surface area contributed by atoms with E-state index in [2.05, 4.69) is 5.32 Å². The Kier molecular flexibility index (Phi) is 6.96. The standard InChI is InChI=1S/C20H25ClN2O4S/c1-5-20(2,3)22-19(24)14-23(16-8-6-15(21)7-9-16)28(25,26)18-12-10-17(27-4)11-13-18/h6-13H,5,14H2,1-4H3,(H,22,24). The van der Waals surface area contributed by atoms with Gasteiger partial charge in [0.2, 0.25) is 5.91 Å². The zero-order chi connectivity index (χ0) is 20.9. The van der Waals surface area contributed by atoms with Crippen LogP contribution in [0.5, 0.6) is 5.75 Å². The number of hydrogen-bond donors (Lipinski definition) is 1. The molecule has 0 heterocycles. The summed E-state index contributed by atoms with van der Waals surface area (Å²) >= 11 is 5.93. The van der Waals surface area contributed by atoms with Gasteiger partial charge in [-0.15, -0.1) is 0 Å². The first-order valence-electron chi connectivity index (χ1n) is 8.82. The number of methoxy groups -OCH3 is 1. The molecule has 0 fully saturated rings. The summed E-state index contributed by atoms with van der Waals surface area (Å²) in [4.78, 5) is 12.6. The Morgan fingerprint density at radius 2 is 1.68 bits per heavy atom. The van der Waals surface area contributed by atoms with Crippen molar-refractivity contribution in [1.29, 1.82) is 0 Å². The lowest BCUT2D eigenvalue weighted by atomic mass is 10.0.